The molecule has 0 aromatic carbocycles. The van der Waals surface area contributed by atoms with Crippen LogP contribution in [0.3, 0.4) is 0 Å². The zero-order valence-electron chi connectivity index (χ0n) is 25.2. The molecule has 0 radical (unpaired) electrons. The highest BCUT2D eigenvalue weighted by Crippen LogP contribution is 2.14. The Kier molecular flexibility index (Phi) is 26.5. The van der Waals surface area contributed by atoms with Gasteiger partial charge in [-0.05, 0) is 12.8 Å². The fraction of sp³-hybridized carbons (Fsp3) is 0.875. The summed E-state index contributed by atoms with van der Waals surface area (Å²) in [6.07, 6.45) is 23.1. The van der Waals surface area contributed by atoms with Crippen molar-refractivity contribution in [3.63, 3.8) is 0 Å². The van der Waals surface area contributed by atoms with Crippen molar-refractivity contribution in [2.45, 2.75) is 180 Å². The topological polar surface area (TPSA) is 107 Å². The number of ether oxygens (including phenoxy) is 2. The smallest absolute Gasteiger partial charge is 0.343 e. The van der Waals surface area contributed by atoms with Crippen LogP contribution in [0.1, 0.15) is 174 Å². The van der Waals surface area contributed by atoms with Gasteiger partial charge in [0.05, 0.1) is 6.42 Å². The van der Waals surface area contributed by atoms with Crippen molar-refractivity contribution in [3.05, 3.63) is 0 Å². The van der Waals surface area contributed by atoms with Crippen LogP contribution in [0.5, 0.6) is 0 Å². The maximum Gasteiger partial charge on any atom is 0.343 e. The maximum atomic E-state index is 11.9. The lowest BCUT2D eigenvalue weighted by atomic mass is 10.1. The highest BCUT2D eigenvalue weighted by Gasteiger charge is 2.25. The average Bonchev–Trinajstić information content (AvgIpc) is 2.90. The molecular formula is C32H58O7. The monoisotopic (exact) mass is 554 g/mol. The van der Waals surface area contributed by atoms with Crippen molar-refractivity contribution < 1.29 is 33.8 Å². The van der Waals surface area contributed by atoms with Crippen LogP contribution >= 0.6 is 0 Å². The van der Waals surface area contributed by atoms with Crippen molar-refractivity contribution >= 4 is 23.9 Å². The second-order valence-corrected chi connectivity index (χ2v) is 10.9. The zero-order chi connectivity index (χ0) is 29.0. The first-order valence-electron chi connectivity index (χ1n) is 16.1. The highest BCUT2D eigenvalue weighted by atomic mass is 16.6. The summed E-state index contributed by atoms with van der Waals surface area (Å²) in [6, 6.07) is 0. The Hall–Kier alpha value is -1.76. The summed E-state index contributed by atoms with van der Waals surface area (Å²) in [4.78, 5) is 47.4. The van der Waals surface area contributed by atoms with Crippen LogP contribution in [0.2, 0.25) is 0 Å². The second-order valence-electron chi connectivity index (χ2n) is 10.9. The molecule has 0 aliphatic carbocycles. The molecule has 7 heteroatoms. The van der Waals surface area contributed by atoms with E-state index in [0.29, 0.717) is 12.8 Å². The molecule has 1 unspecified atom stereocenters. The van der Waals surface area contributed by atoms with Crippen LogP contribution in [0.4, 0.5) is 0 Å². The molecule has 0 fully saturated rings. The minimum atomic E-state index is -1.83. The molecule has 0 rings (SSSR count). The van der Waals surface area contributed by atoms with E-state index in [4.69, 9.17) is 0 Å². The summed E-state index contributed by atoms with van der Waals surface area (Å²) in [6.45, 7) is 4.44. The highest BCUT2D eigenvalue weighted by molar-refractivity contribution is 5.92. The normalized spacial score (nSPS) is 11.8. The van der Waals surface area contributed by atoms with Crippen molar-refractivity contribution in [2.75, 3.05) is 0 Å². The number of carbonyl (C=O) groups excluding carboxylic acids is 4. The van der Waals surface area contributed by atoms with E-state index in [9.17, 15) is 24.3 Å². The SMILES string of the molecule is CCCCCCCCCCCCCC(=O)OC(=O)CC(O)C(=O)OC(=O)CCCCCCCCCCCCC. The summed E-state index contributed by atoms with van der Waals surface area (Å²) in [7, 11) is 0. The quantitative estimate of drug-likeness (QED) is 0.0618. The molecule has 0 aromatic rings. The predicted octanol–water partition coefficient (Wildman–Crippen LogP) is 8.28. The molecule has 0 aliphatic heterocycles. The van der Waals surface area contributed by atoms with Crippen molar-refractivity contribution in [3.8, 4) is 0 Å². The van der Waals surface area contributed by atoms with Crippen molar-refractivity contribution in [2.24, 2.45) is 0 Å². The fourth-order valence-electron chi connectivity index (χ4n) is 4.56. The third kappa shape index (κ3) is 26.2. The Morgan fingerprint density at radius 1 is 0.462 bits per heavy atom. The Labute approximate surface area is 238 Å². The molecule has 0 amide bonds. The van der Waals surface area contributed by atoms with E-state index in [0.717, 1.165) is 38.5 Å². The fourth-order valence-corrected chi connectivity index (χ4v) is 4.56. The average molecular weight is 555 g/mol. The maximum absolute atomic E-state index is 11.9. The lowest BCUT2D eigenvalue weighted by Gasteiger charge is -2.09. The first kappa shape index (κ1) is 37.2. The molecule has 0 bridgehead atoms. The van der Waals surface area contributed by atoms with E-state index in [2.05, 4.69) is 23.3 Å². The number of esters is 4. The van der Waals surface area contributed by atoms with Gasteiger partial charge in [0.15, 0.2) is 6.10 Å². The van der Waals surface area contributed by atoms with Gasteiger partial charge in [-0.3, -0.25) is 14.4 Å². The number of unbranched alkanes of at least 4 members (excludes halogenated alkanes) is 20. The lowest BCUT2D eigenvalue weighted by molar-refractivity contribution is -0.171. The van der Waals surface area contributed by atoms with Crippen LogP contribution in [-0.4, -0.2) is 35.1 Å². The molecular weight excluding hydrogens is 496 g/mol. The number of hydrogen-bond acceptors (Lipinski definition) is 7. The molecule has 39 heavy (non-hydrogen) atoms. The summed E-state index contributed by atoms with van der Waals surface area (Å²) in [5, 5.41) is 9.85. The molecule has 0 aliphatic rings. The third-order valence-corrected chi connectivity index (χ3v) is 7.04. The van der Waals surface area contributed by atoms with Crippen LogP contribution in [0.15, 0.2) is 0 Å². The summed E-state index contributed by atoms with van der Waals surface area (Å²) < 4.78 is 9.31. The summed E-state index contributed by atoms with van der Waals surface area (Å²) in [5.74, 6) is -3.55. The van der Waals surface area contributed by atoms with E-state index in [1.54, 1.807) is 0 Å². The van der Waals surface area contributed by atoms with Gasteiger partial charge in [0.25, 0.3) is 0 Å². The Morgan fingerprint density at radius 3 is 1.13 bits per heavy atom. The van der Waals surface area contributed by atoms with Gasteiger partial charge in [-0.15, -0.1) is 0 Å². The van der Waals surface area contributed by atoms with Gasteiger partial charge in [-0.25, -0.2) is 4.79 Å². The standard InChI is InChI=1S/C32H58O7/c1-3-5-7-9-11-13-15-17-19-21-23-25-29(34)38-31(36)27-28(33)32(37)39-30(35)26-24-22-20-18-16-14-12-10-8-6-4-2/h28,33H,3-27H2,1-2H3. The van der Waals surface area contributed by atoms with Gasteiger partial charge >= 0.3 is 23.9 Å². The van der Waals surface area contributed by atoms with Crippen molar-refractivity contribution in [1.29, 1.82) is 0 Å². The third-order valence-electron chi connectivity index (χ3n) is 7.04. The van der Waals surface area contributed by atoms with E-state index in [1.165, 1.54) is 89.9 Å². The van der Waals surface area contributed by atoms with E-state index >= 15 is 0 Å². The Balaban J connectivity index is 3.71. The van der Waals surface area contributed by atoms with E-state index in [-0.39, 0.29) is 12.8 Å². The largest absolute Gasteiger partial charge is 0.393 e. The van der Waals surface area contributed by atoms with Crippen molar-refractivity contribution in [1.82, 2.24) is 0 Å². The second kappa shape index (κ2) is 27.8. The molecule has 0 spiro atoms. The number of carbonyl (C=O) groups is 4. The molecule has 7 nitrogen and oxygen atoms in total. The number of rotatable bonds is 27. The molecule has 1 atom stereocenters. The first-order chi connectivity index (χ1) is 18.9. The molecule has 1 N–H and O–H groups in total. The zero-order valence-corrected chi connectivity index (χ0v) is 25.2. The van der Waals surface area contributed by atoms with Gasteiger partial charge in [-0.2, -0.15) is 0 Å². The van der Waals surface area contributed by atoms with Gasteiger partial charge in [0, 0.05) is 12.8 Å². The first-order valence-corrected chi connectivity index (χ1v) is 16.1. The van der Waals surface area contributed by atoms with Gasteiger partial charge in [-0.1, -0.05) is 142 Å². The molecule has 228 valence electrons. The Morgan fingerprint density at radius 2 is 0.769 bits per heavy atom. The minimum absolute atomic E-state index is 0.0946. The molecule has 0 heterocycles. The number of hydrogen-bond donors (Lipinski definition) is 1. The van der Waals surface area contributed by atoms with Gasteiger partial charge < -0.3 is 14.6 Å². The number of aliphatic hydroxyl groups excluding tert-OH is 1. The van der Waals surface area contributed by atoms with Gasteiger partial charge in [0.2, 0.25) is 0 Å². The lowest BCUT2D eigenvalue weighted by Crippen LogP contribution is -2.29. The Bertz CT molecular complexity index is 632. The predicted molar refractivity (Wildman–Crippen MR) is 155 cm³/mol. The van der Waals surface area contributed by atoms with Crippen LogP contribution in [0, 0.1) is 0 Å². The van der Waals surface area contributed by atoms with E-state index < -0.39 is 36.4 Å². The summed E-state index contributed by atoms with van der Waals surface area (Å²) in [5.41, 5.74) is 0. The molecule has 0 saturated heterocycles. The van der Waals surface area contributed by atoms with E-state index in [1.807, 2.05) is 0 Å². The molecule has 0 aromatic heterocycles. The summed E-state index contributed by atoms with van der Waals surface area (Å²) >= 11 is 0. The van der Waals surface area contributed by atoms with Crippen LogP contribution < -0.4 is 0 Å². The number of aliphatic hydroxyl groups is 1. The molecule has 0 saturated carbocycles. The minimum Gasteiger partial charge on any atom is -0.393 e. The van der Waals surface area contributed by atoms with Gasteiger partial charge in [0.1, 0.15) is 0 Å². The van der Waals surface area contributed by atoms with Crippen LogP contribution in [-0.2, 0) is 28.7 Å². The van der Waals surface area contributed by atoms with Crippen LogP contribution in [0.25, 0.3) is 0 Å².